The third kappa shape index (κ3) is 6.27. The second-order valence-corrected chi connectivity index (χ2v) is 8.18. The number of rotatable bonds is 7. The van der Waals surface area contributed by atoms with Gasteiger partial charge in [-0.15, -0.1) is 0 Å². The summed E-state index contributed by atoms with van der Waals surface area (Å²) in [5.41, 5.74) is 6.68. The Balaban J connectivity index is 2.23. The van der Waals surface area contributed by atoms with Gasteiger partial charge in [-0.2, -0.15) is 0 Å². The highest BCUT2D eigenvalue weighted by Crippen LogP contribution is 2.36. The second-order valence-electron chi connectivity index (χ2n) is 8.18. The van der Waals surface area contributed by atoms with E-state index in [9.17, 15) is 0 Å². The molecule has 0 radical (unpaired) electrons. The third-order valence-corrected chi connectivity index (χ3v) is 5.12. The number of hydrogen-bond donors (Lipinski definition) is 1. The number of nitrogens with two attached hydrogens (primary N) is 1. The molecule has 0 heterocycles. The summed E-state index contributed by atoms with van der Waals surface area (Å²) in [6, 6.07) is 0.825. The van der Waals surface area contributed by atoms with Crippen LogP contribution in [0.25, 0.3) is 0 Å². The normalized spacial score (nSPS) is 21.0. The van der Waals surface area contributed by atoms with E-state index in [1.807, 2.05) is 0 Å². The van der Waals surface area contributed by atoms with E-state index >= 15 is 0 Å². The highest BCUT2D eigenvalue weighted by molar-refractivity contribution is 4.83. The third-order valence-electron chi connectivity index (χ3n) is 5.12. The van der Waals surface area contributed by atoms with Crippen LogP contribution < -0.4 is 5.73 Å². The zero-order chi connectivity index (χ0) is 14.5. The molecule has 0 unspecified atom stereocenters. The van der Waals surface area contributed by atoms with Crippen molar-refractivity contribution in [1.82, 2.24) is 4.90 Å². The van der Waals surface area contributed by atoms with E-state index in [0.717, 1.165) is 19.0 Å². The molecule has 1 aliphatic rings. The Labute approximate surface area is 121 Å². The average Bonchev–Trinajstić information content (AvgIpc) is 2.28. The summed E-state index contributed by atoms with van der Waals surface area (Å²) < 4.78 is 0. The molecule has 0 aromatic heterocycles. The maximum atomic E-state index is 5.68. The van der Waals surface area contributed by atoms with Crippen LogP contribution in [0, 0.1) is 10.8 Å². The van der Waals surface area contributed by atoms with Gasteiger partial charge in [0.2, 0.25) is 0 Å². The van der Waals surface area contributed by atoms with E-state index < -0.39 is 0 Å². The summed E-state index contributed by atoms with van der Waals surface area (Å²) in [4.78, 5) is 2.60. The van der Waals surface area contributed by atoms with Gasteiger partial charge in [-0.1, -0.05) is 27.7 Å². The molecule has 0 aromatic rings. The van der Waals surface area contributed by atoms with Crippen LogP contribution in [0.15, 0.2) is 0 Å². The topological polar surface area (TPSA) is 29.3 Å². The lowest BCUT2D eigenvalue weighted by Crippen LogP contribution is -2.38. The van der Waals surface area contributed by atoms with Crippen molar-refractivity contribution < 1.29 is 0 Å². The lowest BCUT2D eigenvalue weighted by molar-refractivity contribution is 0.122. The minimum atomic E-state index is 0.421. The van der Waals surface area contributed by atoms with E-state index in [1.165, 1.54) is 45.1 Å². The quantitative estimate of drug-likeness (QED) is 0.755. The van der Waals surface area contributed by atoms with Crippen LogP contribution in [0.5, 0.6) is 0 Å². The minimum absolute atomic E-state index is 0.421. The van der Waals surface area contributed by atoms with E-state index in [0.29, 0.717) is 10.8 Å². The molecule has 114 valence electrons. The van der Waals surface area contributed by atoms with Crippen molar-refractivity contribution in [2.24, 2.45) is 16.6 Å². The zero-order valence-electron chi connectivity index (χ0n) is 14.0. The Morgan fingerprint density at radius 2 is 1.74 bits per heavy atom. The minimum Gasteiger partial charge on any atom is -0.330 e. The second kappa shape index (κ2) is 7.08. The maximum absolute atomic E-state index is 5.68. The largest absolute Gasteiger partial charge is 0.330 e. The predicted molar refractivity (Wildman–Crippen MR) is 85.4 cm³/mol. The molecule has 0 saturated heterocycles. The fraction of sp³-hybridized carbons (Fsp3) is 1.00. The van der Waals surface area contributed by atoms with E-state index in [2.05, 4.69) is 39.6 Å². The highest BCUT2D eigenvalue weighted by atomic mass is 15.1. The molecule has 0 bridgehead atoms. The average molecular weight is 268 g/mol. The monoisotopic (exact) mass is 268 g/mol. The van der Waals surface area contributed by atoms with Gasteiger partial charge in [0.25, 0.3) is 0 Å². The van der Waals surface area contributed by atoms with Gasteiger partial charge in [0, 0.05) is 6.04 Å². The van der Waals surface area contributed by atoms with Gasteiger partial charge < -0.3 is 10.6 Å². The Hall–Kier alpha value is -0.0800. The van der Waals surface area contributed by atoms with E-state index in [4.69, 9.17) is 5.73 Å². The van der Waals surface area contributed by atoms with Crippen LogP contribution in [0.1, 0.15) is 72.6 Å². The number of hydrogen-bond acceptors (Lipinski definition) is 2. The summed E-state index contributed by atoms with van der Waals surface area (Å²) in [5.74, 6) is 0. The van der Waals surface area contributed by atoms with Crippen LogP contribution in [-0.4, -0.2) is 31.1 Å². The molecule has 19 heavy (non-hydrogen) atoms. The van der Waals surface area contributed by atoms with Gasteiger partial charge in [-0.25, -0.2) is 0 Å². The summed E-state index contributed by atoms with van der Waals surface area (Å²) >= 11 is 0. The van der Waals surface area contributed by atoms with Crippen LogP contribution in [0.2, 0.25) is 0 Å². The fourth-order valence-corrected chi connectivity index (χ4v) is 3.33. The predicted octanol–water partition coefficient (Wildman–Crippen LogP) is 4.04. The van der Waals surface area contributed by atoms with Gasteiger partial charge in [-0.05, 0) is 75.9 Å². The summed E-state index contributed by atoms with van der Waals surface area (Å²) in [6.45, 7) is 11.6. The molecule has 0 aliphatic heterocycles. The van der Waals surface area contributed by atoms with E-state index in [1.54, 1.807) is 0 Å². The molecule has 0 amide bonds. The molecular weight excluding hydrogens is 232 g/mol. The lowest BCUT2D eigenvalue weighted by Gasteiger charge is -2.39. The molecule has 1 saturated carbocycles. The van der Waals surface area contributed by atoms with Gasteiger partial charge >= 0.3 is 0 Å². The molecule has 0 spiro atoms. The molecule has 2 nitrogen and oxygen atoms in total. The van der Waals surface area contributed by atoms with Crippen molar-refractivity contribution in [3.05, 3.63) is 0 Å². The molecule has 0 aromatic carbocycles. The highest BCUT2D eigenvalue weighted by Gasteiger charge is 2.28. The molecular formula is C17H36N2. The van der Waals surface area contributed by atoms with Crippen molar-refractivity contribution in [2.75, 3.05) is 20.1 Å². The molecule has 2 heteroatoms. The Kier molecular flexibility index (Phi) is 6.32. The SMILES string of the molecule is CN(CCCC(C)(C)CCN)C1CCC(C)(C)CC1. The lowest BCUT2D eigenvalue weighted by atomic mass is 9.75. The van der Waals surface area contributed by atoms with Crippen molar-refractivity contribution >= 4 is 0 Å². The first-order chi connectivity index (χ1) is 8.76. The summed E-state index contributed by atoms with van der Waals surface area (Å²) in [5, 5.41) is 0. The van der Waals surface area contributed by atoms with Crippen LogP contribution in [-0.2, 0) is 0 Å². The Bertz CT molecular complexity index is 248. The van der Waals surface area contributed by atoms with Crippen LogP contribution in [0.4, 0.5) is 0 Å². The van der Waals surface area contributed by atoms with Crippen molar-refractivity contribution in [2.45, 2.75) is 78.7 Å². The number of nitrogens with zero attached hydrogens (tertiary/aromatic N) is 1. The maximum Gasteiger partial charge on any atom is 0.00926 e. The van der Waals surface area contributed by atoms with Gasteiger partial charge in [0.05, 0.1) is 0 Å². The van der Waals surface area contributed by atoms with Crippen LogP contribution in [0.3, 0.4) is 0 Å². The van der Waals surface area contributed by atoms with Crippen LogP contribution >= 0.6 is 0 Å². The standard InChI is InChI=1S/C17H36N2/c1-16(2,12-13-18)9-6-14-19(5)15-7-10-17(3,4)11-8-15/h15H,6-14,18H2,1-5H3. The summed E-state index contributed by atoms with van der Waals surface area (Å²) in [6.07, 6.45) is 9.30. The summed E-state index contributed by atoms with van der Waals surface area (Å²) in [7, 11) is 2.32. The van der Waals surface area contributed by atoms with Gasteiger partial charge in [-0.3, -0.25) is 0 Å². The first kappa shape index (κ1) is 17.0. The molecule has 1 aliphatic carbocycles. The Morgan fingerprint density at radius 3 is 2.26 bits per heavy atom. The fourth-order valence-electron chi connectivity index (χ4n) is 3.33. The molecule has 1 fully saturated rings. The first-order valence-electron chi connectivity index (χ1n) is 8.16. The van der Waals surface area contributed by atoms with Crippen molar-refractivity contribution in [1.29, 1.82) is 0 Å². The van der Waals surface area contributed by atoms with Gasteiger partial charge in [0.15, 0.2) is 0 Å². The molecule has 2 N–H and O–H groups in total. The molecule has 0 atom stereocenters. The first-order valence-corrected chi connectivity index (χ1v) is 8.16. The van der Waals surface area contributed by atoms with Gasteiger partial charge in [0.1, 0.15) is 0 Å². The Morgan fingerprint density at radius 1 is 1.16 bits per heavy atom. The zero-order valence-corrected chi connectivity index (χ0v) is 14.0. The smallest absolute Gasteiger partial charge is 0.00926 e. The van der Waals surface area contributed by atoms with Crippen molar-refractivity contribution in [3.63, 3.8) is 0 Å². The van der Waals surface area contributed by atoms with Crippen molar-refractivity contribution in [3.8, 4) is 0 Å². The molecule has 1 rings (SSSR count). The van der Waals surface area contributed by atoms with E-state index in [-0.39, 0.29) is 0 Å².